The van der Waals surface area contributed by atoms with Gasteiger partial charge in [0.15, 0.2) is 0 Å². The van der Waals surface area contributed by atoms with Crippen LogP contribution in [-0.2, 0) is 6.61 Å². The SMILES string of the molecule is CC(C)CN(CCN(C)C)c1ncnc(Cl)c1CO. The quantitative estimate of drug-likeness (QED) is 0.773. The molecule has 1 N–H and O–H groups in total. The number of likely N-dealkylation sites (N-methyl/N-ethyl adjacent to an activating group) is 1. The highest BCUT2D eigenvalue weighted by Crippen LogP contribution is 2.23. The van der Waals surface area contributed by atoms with Crippen LogP contribution in [0.4, 0.5) is 5.82 Å². The molecule has 1 aromatic rings. The zero-order valence-corrected chi connectivity index (χ0v) is 12.9. The molecule has 1 heterocycles. The Morgan fingerprint density at radius 1 is 1.26 bits per heavy atom. The number of rotatable bonds is 7. The van der Waals surface area contributed by atoms with E-state index in [1.165, 1.54) is 6.33 Å². The molecule has 1 aromatic heterocycles. The van der Waals surface area contributed by atoms with Crippen molar-refractivity contribution in [3.05, 3.63) is 17.0 Å². The van der Waals surface area contributed by atoms with Crippen LogP contribution in [0.15, 0.2) is 6.33 Å². The van der Waals surface area contributed by atoms with Crippen LogP contribution in [0.1, 0.15) is 19.4 Å². The molecule has 0 spiro atoms. The van der Waals surface area contributed by atoms with Gasteiger partial charge in [-0.25, -0.2) is 9.97 Å². The molecule has 19 heavy (non-hydrogen) atoms. The molecule has 0 aliphatic heterocycles. The van der Waals surface area contributed by atoms with Gasteiger partial charge in [-0.05, 0) is 20.0 Å². The molecule has 0 aliphatic rings. The molecule has 0 unspecified atom stereocenters. The predicted molar refractivity (Wildman–Crippen MR) is 78.6 cm³/mol. The zero-order valence-electron chi connectivity index (χ0n) is 12.1. The zero-order chi connectivity index (χ0) is 14.4. The van der Waals surface area contributed by atoms with Gasteiger partial charge in [-0.15, -0.1) is 0 Å². The molecule has 0 atom stereocenters. The number of aliphatic hydroxyl groups is 1. The lowest BCUT2D eigenvalue weighted by molar-refractivity contribution is 0.281. The maximum atomic E-state index is 9.46. The molecule has 0 aliphatic carbocycles. The van der Waals surface area contributed by atoms with E-state index in [1.54, 1.807) is 0 Å². The number of hydrogen-bond donors (Lipinski definition) is 1. The molecular weight excluding hydrogens is 264 g/mol. The molecule has 0 radical (unpaired) electrons. The van der Waals surface area contributed by atoms with Crippen molar-refractivity contribution < 1.29 is 5.11 Å². The first-order chi connectivity index (χ1) is 8.95. The molecule has 6 heteroatoms. The normalized spacial score (nSPS) is 11.4. The Morgan fingerprint density at radius 3 is 2.47 bits per heavy atom. The van der Waals surface area contributed by atoms with Gasteiger partial charge < -0.3 is 14.9 Å². The first-order valence-electron chi connectivity index (χ1n) is 6.45. The van der Waals surface area contributed by atoms with Crippen LogP contribution in [0.3, 0.4) is 0 Å². The van der Waals surface area contributed by atoms with Crippen molar-refractivity contribution in [3.8, 4) is 0 Å². The minimum atomic E-state index is -0.147. The molecule has 5 nitrogen and oxygen atoms in total. The predicted octanol–water partition coefficient (Wildman–Crippen LogP) is 1.65. The number of aromatic nitrogens is 2. The number of hydrogen-bond acceptors (Lipinski definition) is 5. The Labute approximate surface area is 120 Å². The van der Waals surface area contributed by atoms with E-state index < -0.39 is 0 Å². The average molecular weight is 287 g/mol. The lowest BCUT2D eigenvalue weighted by Crippen LogP contribution is -2.35. The van der Waals surface area contributed by atoms with Crippen LogP contribution in [0, 0.1) is 5.92 Å². The molecule has 0 aromatic carbocycles. The van der Waals surface area contributed by atoms with E-state index in [1.807, 2.05) is 14.1 Å². The summed E-state index contributed by atoms with van der Waals surface area (Å²) in [5, 5.41) is 9.78. The highest BCUT2D eigenvalue weighted by molar-refractivity contribution is 6.30. The molecular formula is C13H23ClN4O. The second-order valence-corrected chi connectivity index (χ2v) is 5.63. The summed E-state index contributed by atoms with van der Waals surface area (Å²) in [5.74, 6) is 1.24. The molecule has 0 bridgehead atoms. The van der Waals surface area contributed by atoms with Crippen molar-refractivity contribution in [3.63, 3.8) is 0 Å². The fourth-order valence-electron chi connectivity index (χ4n) is 1.84. The molecule has 0 saturated heterocycles. The van der Waals surface area contributed by atoms with E-state index in [2.05, 4.69) is 33.6 Å². The van der Waals surface area contributed by atoms with Gasteiger partial charge in [0.1, 0.15) is 17.3 Å². The van der Waals surface area contributed by atoms with Crippen molar-refractivity contribution in [2.24, 2.45) is 5.92 Å². The summed E-state index contributed by atoms with van der Waals surface area (Å²) in [6, 6.07) is 0. The van der Waals surface area contributed by atoms with Gasteiger partial charge in [-0.1, -0.05) is 25.4 Å². The summed E-state index contributed by atoms with van der Waals surface area (Å²) in [4.78, 5) is 12.5. The van der Waals surface area contributed by atoms with Gasteiger partial charge in [0.05, 0.1) is 12.2 Å². The number of halogens is 1. The van der Waals surface area contributed by atoms with Crippen molar-refractivity contribution in [1.29, 1.82) is 0 Å². The monoisotopic (exact) mass is 286 g/mol. The Hall–Kier alpha value is -0.910. The van der Waals surface area contributed by atoms with Gasteiger partial charge in [-0.3, -0.25) is 0 Å². The van der Waals surface area contributed by atoms with E-state index in [9.17, 15) is 5.11 Å². The van der Waals surface area contributed by atoms with Gasteiger partial charge in [0.25, 0.3) is 0 Å². The highest BCUT2D eigenvalue weighted by atomic mass is 35.5. The Bertz CT molecular complexity index is 398. The highest BCUT2D eigenvalue weighted by Gasteiger charge is 2.17. The van der Waals surface area contributed by atoms with Crippen LogP contribution in [0.5, 0.6) is 0 Å². The van der Waals surface area contributed by atoms with Gasteiger partial charge in [0, 0.05) is 19.6 Å². The summed E-state index contributed by atoms with van der Waals surface area (Å²) in [5.41, 5.74) is 0.601. The molecule has 0 amide bonds. The molecule has 108 valence electrons. The number of anilines is 1. The standard InChI is InChI=1S/C13H23ClN4O/c1-10(2)7-18(6-5-17(3)4)13-11(8-19)12(14)15-9-16-13/h9-10,19H,5-8H2,1-4H3. The van der Waals surface area contributed by atoms with Crippen LogP contribution in [0.25, 0.3) is 0 Å². The molecule has 1 rings (SSSR count). The average Bonchev–Trinajstić information content (AvgIpc) is 2.33. The fraction of sp³-hybridized carbons (Fsp3) is 0.692. The van der Waals surface area contributed by atoms with Crippen LogP contribution < -0.4 is 4.90 Å². The van der Waals surface area contributed by atoms with Crippen molar-refractivity contribution >= 4 is 17.4 Å². The summed E-state index contributed by atoms with van der Waals surface area (Å²) in [6.07, 6.45) is 1.44. The molecule has 0 fully saturated rings. The Morgan fingerprint density at radius 2 is 1.95 bits per heavy atom. The summed E-state index contributed by atoms with van der Waals surface area (Å²) >= 11 is 6.02. The smallest absolute Gasteiger partial charge is 0.140 e. The number of aliphatic hydroxyl groups excluding tert-OH is 1. The third kappa shape index (κ3) is 4.93. The molecule has 0 saturated carbocycles. The lowest BCUT2D eigenvalue weighted by Gasteiger charge is -2.28. The lowest BCUT2D eigenvalue weighted by atomic mass is 10.2. The first-order valence-corrected chi connectivity index (χ1v) is 6.83. The first kappa shape index (κ1) is 16.1. The Balaban J connectivity index is 2.98. The minimum Gasteiger partial charge on any atom is -0.391 e. The number of nitrogens with zero attached hydrogens (tertiary/aromatic N) is 4. The largest absolute Gasteiger partial charge is 0.391 e. The van der Waals surface area contributed by atoms with Crippen LogP contribution in [0.2, 0.25) is 5.15 Å². The van der Waals surface area contributed by atoms with E-state index >= 15 is 0 Å². The van der Waals surface area contributed by atoms with E-state index in [0.717, 1.165) is 25.5 Å². The minimum absolute atomic E-state index is 0.147. The third-order valence-corrected chi connectivity index (χ3v) is 3.06. The summed E-state index contributed by atoms with van der Waals surface area (Å²) < 4.78 is 0. The van der Waals surface area contributed by atoms with Crippen LogP contribution >= 0.6 is 11.6 Å². The Kier molecular flexibility index (Phi) is 6.48. The van der Waals surface area contributed by atoms with E-state index in [4.69, 9.17) is 11.6 Å². The third-order valence-electron chi connectivity index (χ3n) is 2.73. The maximum Gasteiger partial charge on any atom is 0.140 e. The second-order valence-electron chi connectivity index (χ2n) is 5.27. The van der Waals surface area contributed by atoms with Gasteiger partial charge >= 0.3 is 0 Å². The van der Waals surface area contributed by atoms with E-state index in [-0.39, 0.29) is 6.61 Å². The maximum absolute atomic E-state index is 9.46. The topological polar surface area (TPSA) is 52.5 Å². The second kappa shape index (κ2) is 7.62. The van der Waals surface area contributed by atoms with Crippen molar-refractivity contribution in [1.82, 2.24) is 14.9 Å². The van der Waals surface area contributed by atoms with Gasteiger partial charge in [-0.2, -0.15) is 0 Å². The van der Waals surface area contributed by atoms with Crippen LogP contribution in [-0.4, -0.2) is 53.7 Å². The van der Waals surface area contributed by atoms with Gasteiger partial charge in [0.2, 0.25) is 0 Å². The van der Waals surface area contributed by atoms with E-state index in [0.29, 0.717) is 16.6 Å². The van der Waals surface area contributed by atoms with Crippen molar-refractivity contribution in [2.45, 2.75) is 20.5 Å². The van der Waals surface area contributed by atoms with Crippen molar-refractivity contribution in [2.75, 3.05) is 38.6 Å². The summed E-state index contributed by atoms with van der Waals surface area (Å²) in [7, 11) is 4.07. The summed E-state index contributed by atoms with van der Waals surface area (Å²) in [6.45, 7) is 6.79. The fourth-order valence-corrected chi connectivity index (χ4v) is 2.02.